The van der Waals surface area contributed by atoms with Crippen molar-refractivity contribution >= 4 is 6.08 Å². The van der Waals surface area contributed by atoms with E-state index in [9.17, 15) is 4.39 Å². The Labute approximate surface area is 77.0 Å². The fraction of sp³-hybridized carbons (Fsp3) is 0.200. The average molecular weight is 181 g/mol. The predicted octanol–water partition coefficient (Wildman–Crippen LogP) is 1.99. The van der Waals surface area contributed by atoms with Crippen molar-refractivity contribution in [2.45, 2.75) is 0 Å². The van der Waals surface area contributed by atoms with Gasteiger partial charge in [-0.2, -0.15) is 0 Å². The van der Waals surface area contributed by atoms with E-state index in [0.29, 0.717) is 12.2 Å². The van der Waals surface area contributed by atoms with E-state index in [2.05, 4.69) is 5.48 Å². The lowest BCUT2D eigenvalue weighted by Gasteiger charge is -1.96. The summed E-state index contributed by atoms with van der Waals surface area (Å²) < 4.78 is 13.0. The molecule has 3 heteroatoms. The lowest BCUT2D eigenvalue weighted by atomic mass is 10.2. The highest BCUT2D eigenvalue weighted by molar-refractivity contribution is 5.49. The lowest BCUT2D eigenvalue weighted by Crippen LogP contribution is -2.06. The number of nitrogens with one attached hydrogen (secondary N) is 1. The van der Waals surface area contributed by atoms with Crippen molar-refractivity contribution in [3.8, 4) is 0 Å². The lowest BCUT2D eigenvalue weighted by molar-refractivity contribution is 0.0814. The second-order valence-electron chi connectivity index (χ2n) is 2.44. The van der Waals surface area contributed by atoms with Gasteiger partial charge in [0.25, 0.3) is 0 Å². The zero-order chi connectivity index (χ0) is 9.52. The van der Waals surface area contributed by atoms with Crippen LogP contribution in [0.15, 0.2) is 30.3 Å². The third-order valence-electron chi connectivity index (χ3n) is 1.53. The zero-order valence-corrected chi connectivity index (χ0v) is 7.46. The Morgan fingerprint density at radius 3 is 2.92 bits per heavy atom. The fourth-order valence-electron chi connectivity index (χ4n) is 0.917. The summed E-state index contributed by atoms with van der Waals surface area (Å²) in [5.41, 5.74) is 3.10. The molecule has 0 aliphatic heterocycles. The molecule has 1 aromatic rings. The van der Waals surface area contributed by atoms with Gasteiger partial charge >= 0.3 is 0 Å². The van der Waals surface area contributed by atoms with Crippen LogP contribution in [0.2, 0.25) is 0 Å². The molecule has 0 radical (unpaired) electrons. The standard InChI is InChI=1S/C10H12FNO/c1-12-13-8-4-6-9-5-2-3-7-10(9)11/h2-7,12H,8H2,1H3/b6-4+. The van der Waals surface area contributed by atoms with E-state index in [1.807, 2.05) is 0 Å². The largest absolute Gasteiger partial charge is 0.298 e. The maximum Gasteiger partial charge on any atom is 0.130 e. The van der Waals surface area contributed by atoms with Gasteiger partial charge < -0.3 is 0 Å². The van der Waals surface area contributed by atoms with Gasteiger partial charge in [-0.3, -0.25) is 4.84 Å². The van der Waals surface area contributed by atoms with Crippen molar-refractivity contribution in [2.75, 3.05) is 13.7 Å². The van der Waals surface area contributed by atoms with Crippen LogP contribution in [0.3, 0.4) is 0 Å². The molecule has 70 valence electrons. The number of hydroxylamine groups is 1. The summed E-state index contributed by atoms with van der Waals surface area (Å²) >= 11 is 0. The molecule has 1 aromatic carbocycles. The Kier molecular flexibility index (Phi) is 4.15. The van der Waals surface area contributed by atoms with Gasteiger partial charge in [0.2, 0.25) is 0 Å². The molecule has 0 heterocycles. The number of hydrogen-bond donors (Lipinski definition) is 1. The Morgan fingerprint density at radius 1 is 1.46 bits per heavy atom. The van der Waals surface area contributed by atoms with Crippen molar-refractivity contribution in [3.63, 3.8) is 0 Å². The number of rotatable bonds is 4. The summed E-state index contributed by atoms with van der Waals surface area (Å²) in [6.07, 6.45) is 3.43. The SMILES string of the molecule is CNOC/C=C/c1ccccc1F. The molecule has 1 N–H and O–H groups in total. The molecule has 13 heavy (non-hydrogen) atoms. The minimum Gasteiger partial charge on any atom is -0.298 e. The normalized spacial score (nSPS) is 10.9. The molecule has 0 spiro atoms. The maximum atomic E-state index is 13.0. The minimum absolute atomic E-state index is 0.219. The summed E-state index contributed by atoms with van der Waals surface area (Å²) in [6, 6.07) is 6.60. The second-order valence-corrected chi connectivity index (χ2v) is 2.44. The van der Waals surface area contributed by atoms with Crippen LogP contribution in [0.4, 0.5) is 4.39 Å². The van der Waals surface area contributed by atoms with E-state index >= 15 is 0 Å². The van der Waals surface area contributed by atoms with Gasteiger partial charge in [0.1, 0.15) is 5.82 Å². The molecule has 1 rings (SSSR count). The molecular weight excluding hydrogens is 169 g/mol. The fourth-order valence-corrected chi connectivity index (χ4v) is 0.917. The van der Waals surface area contributed by atoms with Crippen molar-refractivity contribution in [3.05, 3.63) is 41.7 Å². The van der Waals surface area contributed by atoms with Gasteiger partial charge in [-0.25, -0.2) is 9.87 Å². The van der Waals surface area contributed by atoms with E-state index in [0.717, 1.165) is 0 Å². The first kappa shape index (κ1) is 9.89. The second kappa shape index (κ2) is 5.45. The molecule has 0 bridgehead atoms. The zero-order valence-electron chi connectivity index (χ0n) is 7.46. The molecule has 0 aliphatic carbocycles. The molecule has 0 fully saturated rings. The van der Waals surface area contributed by atoms with Gasteiger partial charge in [0.15, 0.2) is 0 Å². The molecule has 2 nitrogen and oxygen atoms in total. The quantitative estimate of drug-likeness (QED) is 0.566. The van der Waals surface area contributed by atoms with Crippen LogP contribution in [0.1, 0.15) is 5.56 Å². The van der Waals surface area contributed by atoms with E-state index < -0.39 is 0 Å². The molecule has 0 atom stereocenters. The highest BCUT2D eigenvalue weighted by Crippen LogP contribution is 2.07. The molecule has 0 aromatic heterocycles. The molecule has 0 unspecified atom stereocenters. The summed E-state index contributed by atoms with van der Waals surface area (Å²) in [5, 5.41) is 0. The third kappa shape index (κ3) is 3.36. The Bertz CT molecular complexity index is 286. The van der Waals surface area contributed by atoms with Crippen molar-refractivity contribution < 1.29 is 9.23 Å². The van der Waals surface area contributed by atoms with Crippen LogP contribution in [-0.4, -0.2) is 13.7 Å². The van der Waals surface area contributed by atoms with E-state index in [1.165, 1.54) is 6.07 Å². The molecule has 0 saturated heterocycles. The van der Waals surface area contributed by atoms with Gasteiger partial charge in [0.05, 0.1) is 6.61 Å². The van der Waals surface area contributed by atoms with Crippen molar-refractivity contribution in [1.29, 1.82) is 0 Å². The monoisotopic (exact) mass is 181 g/mol. The van der Waals surface area contributed by atoms with Crippen LogP contribution >= 0.6 is 0 Å². The van der Waals surface area contributed by atoms with Crippen molar-refractivity contribution in [1.82, 2.24) is 5.48 Å². The van der Waals surface area contributed by atoms with Crippen LogP contribution < -0.4 is 5.48 Å². The smallest absolute Gasteiger partial charge is 0.130 e. The first-order valence-corrected chi connectivity index (χ1v) is 4.04. The maximum absolute atomic E-state index is 13.0. The summed E-state index contributed by atoms with van der Waals surface area (Å²) in [4.78, 5) is 4.84. The number of halogens is 1. The predicted molar refractivity (Wildman–Crippen MR) is 50.4 cm³/mol. The highest BCUT2D eigenvalue weighted by atomic mass is 19.1. The van der Waals surface area contributed by atoms with Gasteiger partial charge in [-0.05, 0) is 6.07 Å². The Balaban J connectivity index is 2.53. The number of benzene rings is 1. The van der Waals surface area contributed by atoms with E-state index in [4.69, 9.17) is 4.84 Å². The Hall–Kier alpha value is -1.19. The summed E-state index contributed by atoms with van der Waals surface area (Å²) in [7, 11) is 1.68. The average Bonchev–Trinajstić information content (AvgIpc) is 2.15. The van der Waals surface area contributed by atoms with Crippen LogP contribution in [0.5, 0.6) is 0 Å². The first-order valence-electron chi connectivity index (χ1n) is 4.04. The Morgan fingerprint density at radius 2 is 2.23 bits per heavy atom. The van der Waals surface area contributed by atoms with E-state index in [1.54, 1.807) is 37.4 Å². The summed E-state index contributed by atoms with van der Waals surface area (Å²) in [5.74, 6) is -0.219. The van der Waals surface area contributed by atoms with E-state index in [-0.39, 0.29) is 5.82 Å². The molecule has 0 saturated carbocycles. The topological polar surface area (TPSA) is 21.3 Å². The van der Waals surface area contributed by atoms with Gasteiger partial charge in [-0.1, -0.05) is 30.4 Å². The van der Waals surface area contributed by atoms with Crippen LogP contribution in [0, 0.1) is 5.82 Å². The molecule has 0 amide bonds. The van der Waals surface area contributed by atoms with Gasteiger partial charge in [-0.15, -0.1) is 0 Å². The van der Waals surface area contributed by atoms with Crippen LogP contribution in [0.25, 0.3) is 6.08 Å². The third-order valence-corrected chi connectivity index (χ3v) is 1.53. The van der Waals surface area contributed by atoms with Crippen LogP contribution in [-0.2, 0) is 4.84 Å². The number of hydrogen-bond acceptors (Lipinski definition) is 2. The molecular formula is C10H12FNO. The highest BCUT2D eigenvalue weighted by Gasteiger charge is 1.93. The van der Waals surface area contributed by atoms with Crippen molar-refractivity contribution in [2.24, 2.45) is 0 Å². The minimum atomic E-state index is -0.219. The molecule has 0 aliphatic rings. The van der Waals surface area contributed by atoms with Gasteiger partial charge in [0, 0.05) is 12.6 Å². The first-order chi connectivity index (χ1) is 6.34. The summed E-state index contributed by atoms with van der Waals surface area (Å²) in [6.45, 7) is 0.421.